The van der Waals surface area contributed by atoms with Gasteiger partial charge in [0.25, 0.3) is 0 Å². The summed E-state index contributed by atoms with van der Waals surface area (Å²) < 4.78 is 5.76. The van der Waals surface area contributed by atoms with Gasteiger partial charge in [0.15, 0.2) is 0 Å². The second-order valence-corrected chi connectivity index (χ2v) is 4.91. The van der Waals surface area contributed by atoms with Crippen LogP contribution in [-0.2, 0) is 9.53 Å². The minimum absolute atomic E-state index is 0. The van der Waals surface area contributed by atoms with Gasteiger partial charge in [0.05, 0.1) is 12.5 Å². The van der Waals surface area contributed by atoms with Gasteiger partial charge < -0.3 is 14.7 Å². The zero-order valence-electron chi connectivity index (χ0n) is 10.7. The molecule has 1 rings (SSSR count). The largest absolute Gasteiger partial charge is 0.481 e. The van der Waals surface area contributed by atoms with Crippen LogP contribution >= 0.6 is 12.4 Å². The SMILES string of the molecule is CC(C)CCOC1CCN(CCC(=O)O)C1.Cl. The van der Waals surface area contributed by atoms with Crippen molar-refractivity contribution in [3.05, 3.63) is 0 Å². The molecular formula is C12H24ClNO3. The van der Waals surface area contributed by atoms with Crippen molar-refractivity contribution < 1.29 is 14.6 Å². The molecule has 0 aliphatic carbocycles. The van der Waals surface area contributed by atoms with Crippen molar-refractivity contribution in [2.24, 2.45) is 5.92 Å². The fraction of sp³-hybridized carbons (Fsp3) is 0.917. The lowest BCUT2D eigenvalue weighted by molar-refractivity contribution is -0.137. The summed E-state index contributed by atoms with van der Waals surface area (Å²) in [6.45, 7) is 7.73. The number of carboxylic acids is 1. The highest BCUT2D eigenvalue weighted by Gasteiger charge is 2.22. The Kier molecular flexibility index (Phi) is 8.56. The number of hydrogen-bond acceptors (Lipinski definition) is 3. The molecule has 17 heavy (non-hydrogen) atoms. The second kappa shape index (κ2) is 8.72. The Morgan fingerprint density at radius 2 is 2.24 bits per heavy atom. The van der Waals surface area contributed by atoms with Crippen molar-refractivity contribution >= 4 is 18.4 Å². The van der Waals surface area contributed by atoms with Gasteiger partial charge in [0.2, 0.25) is 0 Å². The van der Waals surface area contributed by atoms with Gasteiger partial charge in [-0.2, -0.15) is 0 Å². The summed E-state index contributed by atoms with van der Waals surface area (Å²) in [5.74, 6) is -0.0336. The molecule has 0 radical (unpaired) electrons. The molecule has 0 bridgehead atoms. The van der Waals surface area contributed by atoms with E-state index in [1.807, 2.05) is 0 Å². The summed E-state index contributed by atoms with van der Waals surface area (Å²) in [5, 5.41) is 8.58. The maximum Gasteiger partial charge on any atom is 0.304 e. The van der Waals surface area contributed by atoms with E-state index >= 15 is 0 Å². The van der Waals surface area contributed by atoms with Crippen molar-refractivity contribution in [1.29, 1.82) is 0 Å². The average Bonchev–Trinajstić information content (AvgIpc) is 2.62. The lowest BCUT2D eigenvalue weighted by Gasteiger charge is -2.15. The third-order valence-electron chi connectivity index (χ3n) is 2.92. The molecule has 1 aliphatic rings. The van der Waals surface area contributed by atoms with Crippen LogP contribution in [0.4, 0.5) is 0 Å². The average molecular weight is 266 g/mol. The van der Waals surface area contributed by atoms with Crippen LogP contribution in [0.5, 0.6) is 0 Å². The minimum atomic E-state index is -0.718. The van der Waals surface area contributed by atoms with Crippen LogP contribution in [0.3, 0.4) is 0 Å². The van der Waals surface area contributed by atoms with E-state index in [9.17, 15) is 4.79 Å². The zero-order chi connectivity index (χ0) is 12.0. The third kappa shape index (κ3) is 7.58. The van der Waals surface area contributed by atoms with E-state index in [1.165, 1.54) is 0 Å². The Morgan fingerprint density at radius 3 is 2.82 bits per heavy atom. The van der Waals surface area contributed by atoms with E-state index in [0.29, 0.717) is 18.6 Å². The summed E-state index contributed by atoms with van der Waals surface area (Å²) in [5.41, 5.74) is 0. The molecule has 1 aliphatic heterocycles. The van der Waals surface area contributed by atoms with Gasteiger partial charge in [-0.15, -0.1) is 12.4 Å². The van der Waals surface area contributed by atoms with Gasteiger partial charge >= 0.3 is 5.97 Å². The molecule has 1 atom stereocenters. The number of ether oxygens (including phenoxy) is 1. The number of aliphatic carboxylic acids is 1. The first-order valence-electron chi connectivity index (χ1n) is 6.13. The van der Waals surface area contributed by atoms with Gasteiger partial charge in [0.1, 0.15) is 0 Å². The molecule has 0 aromatic heterocycles. The van der Waals surface area contributed by atoms with Gasteiger partial charge in [-0.1, -0.05) is 13.8 Å². The summed E-state index contributed by atoms with van der Waals surface area (Å²) in [6.07, 6.45) is 2.69. The second-order valence-electron chi connectivity index (χ2n) is 4.91. The van der Waals surface area contributed by atoms with Gasteiger partial charge in [-0.3, -0.25) is 4.79 Å². The Morgan fingerprint density at radius 1 is 1.53 bits per heavy atom. The van der Waals surface area contributed by atoms with E-state index < -0.39 is 5.97 Å². The first-order chi connectivity index (χ1) is 7.58. The van der Waals surface area contributed by atoms with Crippen molar-refractivity contribution in [3.63, 3.8) is 0 Å². The molecule has 4 nitrogen and oxygen atoms in total. The highest BCUT2D eigenvalue weighted by atomic mass is 35.5. The summed E-state index contributed by atoms with van der Waals surface area (Å²) >= 11 is 0. The molecular weight excluding hydrogens is 242 g/mol. The number of hydrogen-bond donors (Lipinski definition) is 1. The molecule has 0 amide bonds. The highest BCUT2D eigenvalue weighted by molar-refractivity contribution is 5.85. The predicted molar refractivity (Wildman–Crippen MR) is 69.8 cm³/mol. The fourth-order valence-corrected chi connectivity index (χ4v) is 1.86. The molecule has 0 aromatic rings. The first kappa shape index (κ1) is 16.7. The van der Waals surface area contributed by atoms with Crippen LogP contribution < -0.4 is 0 Å². The monoisotopic (exact) mass is 265 g/mol. The smallest absolute Gasteiger partial charge is 0.304 e. The normalized spacial score (nSPS) is 20.5. The summed E-state index contributed by atoms with van der Waals surface area (Å²) in [7, 11) is 0. The van der Waals surface area contributed by atoms with Crippen LogP contribution in [-0.4, -0.2) is 48.3 Å². The van der Waals surface area contributed by atoms with Gasteiger partial charge in [-0.25, -0.2) is 0 Å². The van der Waals surface area contributed by atoms with Crippen molar-refractivity contribution in [2.75, 3.05) is 26.2 Å². The van der Waals surface area contributed by atoms with Crippen LogP contribution in [0.15, 0.2) is 0 Å². The maximum absolute atomic E-state index is 10.4. The van der Waals surface area contributed by atoms with E-state index in [4.69, 9.17) is 9.84 Å². The molecule has 1 N–H and O–H groups in total. The molecule has 1 fully saturated rings. The number of halogens is 1. The van der Waals surface area contributed by atoms with Gasteiger partial charge in [0, 0.05) is 26.2 Å². The molecule has 0 saturated carbocycles. The molecule has 1 saturated heterocycles. The topological polar surface area (TPSA) is 49.8 Å². The number of carbonyl (C=O) groups is 1. The molecule has 1 unspecified atom stereocenters. The van der Waals surface area contributed by atoms with Crippen LogP contribution in [0.1, 0.15) is 33.1 Å². The number of rotatable bonds is 7. The van der Waals surface area contributed by atoms with E-state index in [2.05, 4.69) is 18.7 Å². The standard InChI is InChI=1S/C12H23NO3.ClH/c1-10(2)5-8-16-11-3-6-13(9-11)7-4-12(14)15;/h10-11H,3-9H2,1-2H3,(H,14,15);1H. The first-order valence-corrected chi connectivity index (χ1v) is 6.13. The van der Waals surface area contributed by atoms with Gasteiger partial charge in [-0.05, 0) is 18.8 Å². The Labute approximate surface area is 110 Å². The molecule has 102 valence electrons. The summed E-state index contributed by atoms with van der Waals surface area (Å²) in [6, 6.07) is 0. The quantitative estimate of drug-likeness (QED) is 0.765. The van der Waals surface area contributed by atoms with Crippen molar-refractivity contribution in [3.8, 4) is 0 Å². The molecule has 0 spiro atoms. The van der Waals surface area contributed by atoms with Crippen LogP contribution in [0, 0.1) is 5.92 Å². The number of nitrogens with zero attached hydrogens (tertiary/aromatic N) is 1. The molecule has 5 heteroatoms. The molecule has 1 heterocycles. The van der Waals surface area contributed by atoms with Crippen molar-refractivity contribution in [2.45, 2.75) is 39.2 Å². The Balaban J connectivity index is 0.00000256. The lowest BCUT2D eigenvalue weighted by Crippen LogP contribution is -2.26. The highest BCUT2D eigenvalue weighted by Crippen LogP contribution is 2.13. The Bertz CT molecular complexity index is 224. The maximum atomic E-state index is 10.4. The van der Waals surface area contributed by atoms with E-state index in [-0.39, 0.29) is 18.8 Å². The van der Waals surface area contributed by atoms with Crippen LogP contribution in [0.2, 0.25) is 0 Å². The lowest BCUT2D eigenvalue weighted by atomic mass is 10.1. The predicted octanol–water partition coefficient (Wildman–Crippen LogP) is 2.02. The Hall–Kier alpha value is -0.320. The number of carboxylic acid groups (broad SMARTS) is 1. The zero-order valence-corrected chi connectivity index (χ0v) is 11.5. The summed E-state index contributed by atoms with van der Waals surface area (Å²) in [4.78, 5) is 12.6. The van der Waals surface area contributed by atoms with E-state index in [0.717, 1.165) is 32.5 Å². The van der Waals surface area contributed by atoms with Crippen LogP contribution in [0.25, 0.3) is 0 Å². The minimum Gasteiger partial charge on any atom is -0.481 e. The third-order valence-corrected chi connectivity index (χ3v) is 2.92. The van der Waals surface area contributed by atoms with E-state index in [1.54, 1.807) is 0 Å². The van der Waals surface area contributed by atoms with Crippen molar-refractivity contribution in [1.82, 2.24) is 4.90 Å². The number of likely N-dealkylation sites (tertiary alicyclic amines) is 1. The molecule has 0 aromatic carbocycles. The fourth-order valence-electron chi connectivity index (χ4n) is 1.86.